The second-order valence-corrected chi connectivity index (χ2v) is 5.57. The molecule has 0 atom stereocenters. The van der Waals surface area contributed by atoms with E-state index in [1.165, 1.54) is 0 Å². The molecule has 2 rings (SSSR count). The molecule has 0 radical (unpaired) electrons. The average Bonchev–Trinajstić information content (AvgIpc) is 2.48. The van der Waals surface area contributed by atoms with Crippen molar-refractivity contribution in [2.75, 3.05) is 10.6 Å². The number of halogens is 1. The second kappa shape index (κ2) is 7.14. The van der Waals surface area contributed by atoms with Gasteiger partial charge in [-0.05, 0) is 35.9 Å². The lowest BCUT2D eigenvalue weighted by Gasteiger charge is -2.10. The van der Waals surface area contributed by atoms with Crippen molar-refractivity contribution in [3.63, 3.8) is 0 Å². The van der Waals surface area contributed by atoms with Crippen LogP contribution in [-0.2, 0) is 11.3 Å². The zero-order chi connectivity index (χ0) is 15.2. The smallest absolute Gasteiger partial charge is 0.226 e. The quantitative estimate of drug-likeness (QED) is 0.851. The van der Waals surface area contributed by atoms with Crippen LogP contribution in [0.5, 0.6) is 0 Å². The first-order valence-corrected chi connectivity index (χ1v) is 7.32. The standard InChI is InChI=1S/C17H19ClN2O/c1-12(2)17(21)20-15-9-7-14(8-10-15)19-11-13-5-3-4-6-16(13)18/h3-10,12,19H,11H2,1-2H3,(H,20,21). The summed E-state index contributed by atoms with van der Waals surface area (Å²) in [6, 6.07) is 15.4. The van der Waals surface area contributed by atoms with Crippen LogP contribution in [0.2, 0.25) is 5.02 Å². The van der Waals surface area contributed by atoms with E-state index >= 15 is 0 Å². The van der Waals surface area contributed by atoms with Crippen LogP contribution in [0.3, 0.4) is 0 Å². The van der Waals surface area contributed by atoms with Crippen molar-refractivity contribution in [1.82, 2.24) is 0 Å². The summed E-state index contributed by atoms with van der Waals surface area (Å²) in [7, 11) is 0. The molecular weight excluding hydrogens is 284 g/mol. The van der Waals surface area contributed by atoms with Gasteiger partial charge in [0.15, 0.2) is 0 Å². The van der Waals surface area contributed by atoms with E-state index in [0.717, 1.165) is 22.0 Å². The molecule has 0 saturated heterocycles. The van der Waals surface area contributed by atoms with E-state index in [4.69, 9.17) is 11.6 Å². The van der Waals surface area contributed by atoms with Crippen molar-refractivity contribution in [1.29, 1.82) is 0 Å². The molecule has 1 amide bonds. The monoisotopic (exact) mass is 302 g/mol. The molecule has 0 unspecified atom stereocenters. The van der Waals surface area contributed by atoms with Crippen LogP contribution >= 0.6 is 11.6 Å². The molecular formula is C17H19ClN2O. The van der Waals surface area contributed by atoms with Gasteiger partial charge in [0.05, 0.1) is 0 Å². The van der Waals surface area contributed by atoms with Crippen molar-refractivity contribution < 1.29 is 4.79 Å². The lowest BCUT2D eigenvalue weighted by atomic mass is 10.2. The number of anilines is 2. The summed E-state index contributed by atoms with van der Waals surface area (Å²) >= 11 is 6.12. The van der Waals surface area contributed by atoms with Crippen LogP contribution in [-0.4, -0.2) is 5.91 Å². The van der Waals surface area contributed by atoms with Gasteiger partial charge in [0.25, 0.3) is 0 Å². The van der Waals surface area contributed by atoms with Gasteiger partial charge in [-0.1, -0.05) is 43.6 Å². The fraction of sp³-hybridized carbons (Fsp3) is 0.235. The molecule has 0 fully saturated rings. The SMILES string of the molecule is CC(C)C(=O)Nc1ccc(NCc2ccccc2Cl)cc1. The van der Waals surface area contributed by atoms with Crippen LogP contribution in [0, 0.1) is 5.92 Å². The number of benzene rings is 2. The van der Waals surface area contributed by atoms with E-state index < -0.39 is 0 Å². The minimum Gasteiger partial charge on any atom is -0.381 e. The molecule has 0 bridgehead atoms. The fourth-order valence-corrected chi connectivity index (χ4v) is 2.00. The van der Waals surface area contributed by atoms with E-state index in [1.807, 2.05) is 62.4 Å². The summed E-state index contributed by atoms with van der Waals surface area (Å²) in [6.45, 7) is 4.40. The highest BCUT2D eigenvalue weighted by molar-refractivity contribution is 6.31. The van der Waals surface area contributed by atoms with Gasteiger partial charge in [0.2, 0.25) is 5.91 Å². The molecule has 0 aliphatic heterocycles. The average molecular weight is 303 g/mol. The molecule has 0 aromatic heterocycles. The lowest BCUT2D eigenvalue weighted by Crippen LogP contribution is -2.17. The maximum Gasteiger partial charge on any atom is 0.226 e. The summed E-state index contributed by atoms with van der Waals surface area (Å²) in [5, 5.41) is 6.93. The van der Waals surface area contributed by atoms with E-state index in [2.05, 4.69) is 10.6 Å². The second-order valence-electron chi connectivity index (χ2n) is 5.17. The predicted molar refractivity (Wildman–Crippen MR) is 88.7 cm³/mol. The Morgan fingerprint density at radius 1 is 1.05 bits per heavy atom. The van der Waals surface area contributed by atoms with Crippen LogP contribution < -0.4 is 10.6 Å². The number of hydrogen-bond donors (Lipinski definition) is 2. The lowest BCUT2D eigenvalue weighted by molar-refractivity contribution is -0.118. The Morgan fingerprint density at radius 2 is 1.67 bits per heavy atom. The zero-order valence-electron chi connectivity index (χ0n) is 12.2. The Labute approximate surface area is 130 Å². The van der Waals surface area contributed by atoms with Gasteiger partial charge in [-0.15, -0.1) is 0 Å². The number of carbonyl (C=O) groups excluding carboxylic acids is 1. The summed E-state index contributed by atoms with van der Waals surface area (Å²) in [6.07, 6.45) is 0. The van der Waals surface area contributed by atoms with Crippen molar-refractivity contribution in [3.05, 3.63) is 59.1 Å². The fourth-order valence-electron chi connectivity index (χ4n) is 1.80. The number of carbonyl (C=O) groups is 1. The van der Waals surface area contributed by atoms with Gasteiger partial charge < -0.3 is 10.6 Å². The first-order chi connectivity index (χ1) is 10.1. The molecule has 0 heterocycles. The highest BCUT2D eigenvalue weighted by atomic mass is 35.5. The largest absolute Gasteiger partial charge is 0.381 e. The van der Waals surface area contributed by atoms with Gasteiger partial charge in [0.1, 0.15) is 0 Å². The van der Waals surface area contributed by atoms with Gasteiger partial charge in [-0.2, -0.15) is 0 Å². The molecule has 0 saturated carbocycles. The number of nitrogens with one attached hydrogen (secondary N) is 2. The molecule has 2 aromatic carbocycles. The normalized spacial score (nSPS) is 10.5. The minimum atomic E-state index is -0.0250. The first kappa shape index (κ1) is 15.4. The maximum atomic E-state index is 11.6. The molecule has 110 valence electrons. The van der Waals surface area contributed by atoms with Crippen LogP contribution in [0.15, 0.2) is 48.5 Å². The van der Waals surface area contributed by atoms with Crippen LogP contribution in [0.4, 0.5) is 11.4 Å². The molecule has 21 heavy (non-hydrogen) atoms. The Balaban J connectivity index is 1.94. The molecule has 2 aromatic rings. The molecule has 0 spiro atoms. The number of amides is 1. The third kappa shape index (κ3) is 4.50. The van der Waals surface area contributed by atoms with Gasteiger partial charge >= 0.3 is 0 Å². The molecule has 3 nitrogen and oxygen atoms in total. The van der Waals surface area contributed by atoms with Crippen LogP contribution in [0.25, 0.3) is 0 Å². The number of rotatable bonds is 5. The molecule has 2 N–H and O–H groups in total. The first-order valence-electron chi connectivity index (χ1n) is 6.94. The summed E-state index contributed by atoms with van der Waals surface area (Å²) in [4.78, 5) is 11.6. The van der Waals surface area contributed by atoms with E-state index in [0.29, 0.717) is 6.54 Å². The van der Waals surface area contributed by atoms with Crippen molar-refractivity contribution in [3.8, 4) is 0 Å². The van der Waals surface area contributed by atoms with Gasteiger partial charge in [0, 0.05) is 28.9 Å². The maximum absolute atomic E-state index is 11.6. The van der Waals surface area contributed by atoms with Gasteiger partial charge in [-0.3, -0.25) is 4.79 Å². The van der Waals surface area contributed by atoms with Crippen molar-refractivity contribution in [2.45, 2.75) is 20.4 Å². The van der Waals surface area contributed by atoms with E-state index in [-0.39, 0.29) is 11.8 Å². The van der Waals surface area contributed by atoms with Crippen molar-refractivity contribution >= 4 is 28.9 Å². The molecule has 4 heteroatoms. The summed E-state index contributed by atoms with van der Waals surface area (Å²) < 4.78 is 0. The Hall–Kier alpha value is -2.00. The number of hydrogen-bond acceptors (Lipinski definition) is 2. The predicted octanol–water partition coefficient (Wildman–Crippen LogP) is 4.55. The summed E-state index contributed by atoms with van der Waals surface area (Å²) in [5.41, 5.74) is 2.84. The highest BCUT2D eigenvalue weighted by Crippen LogP contribution is 2.18. The zero-order valence-corrected chi connectivity index (χ0v) is 12.9. The Bertz CT molecular complexity index is 608. The topological polar surface area (TPSA) is 41.1 Å². The summed E-state index contributed by atoms with van der Waals surface area (Å²) in [5.74, 6) is -0.00481. The van der Waals surface area contributed by atoms with E-state index in [1.54, 1.807) is 0 Å². The highest BCUT2D eigenvalue weighted by Gasteiger charge is 2.06. The minimum absolute atomic E-state index is 0.0202. The third-order valence-electron chi connectivity index (χ3n) is 3.12. The molecule has 0 aliphatic carbocycles. The Kier molecular flexibility index (Phi) is 5.23. The van der Waals surface area contributed by atoms with E-state index in [9.17, 15) is 4.79 Å². The van der Waals surface area contributed by atoms with Gasteiger partial charge in [-0.25, -0.2) is 0 Å². The Morgan fingerprint density at radius 3 is 2.29 bits per heavy atom. The van der Waals surface area contributed by atoms with Crippen molar-refractivity contribution in [2.24, 2.45) is 5.92 Å². The third-order valence-corrected chi connectivity index (χ3v) is 3.49. The van der Waals surface area contributed by atoms with Crippen LogP contribution in [0.1, 0.15) is 19.4 Å². The molecule has 0 aliphatic rings.